The van der Waals surface area contributed by atoms with Gasteiger partial charge in [-0.1, -0.05) is 0 Å². The minimum absolute atomic E-state index is 0.0744. The van der Waals surface area contributed by atoms with E-state index in [0.717, 1.165) is 0 Å². The molecular formula is C20H24F2N8O2. The van der Waals surface area contributed by atoms with Crippen molar-refractivity contribution in [3.8, 4) is 0 Å². The zero-order valence-electron chi connectivity index (χ0n) is 17.6. The van der Waals surface area contributed by atoms with Crippen molar-refractivity contribution in [1.82, 2.24) is 15.0 Å². The van der Waals surface area contributed by atoms with Crippen LogP contribution in [0.25, 0.3) is 11.1 Å². The molecule has 0 saturated heterocycles. The van der Waals surface area contributed by atoms with Crippen molar-refractivity contribution in [3.05, 3.63) is 30.1 Å². The molecule has 1 aliphatic rings. The van der Waals surface area contributed by atoms with Gasteiger partial charge < -0.3 is 31.4 Å². The molecule has 1 amide bonds. The highest BCUT2D eigenvalue weighted by molar-refractivity contribution is 5.96. The molecular weight excluding hydrogens is 422 g/mol. The average Bonchev–Trinajstić information content (AvgIpc) is 3.15. The van der Waals surface area contributed by atoms with Crippen LogP contribution >= 0.6 is 0 Å². The second-order valence-electron chi connectivity index (χ2n) is 7.94. The van der Waals surface area contributed by atoms with Crippen molar-refractivity contribution in [2.45, 2.75) is 37.3 Å². The fourth-order valence-corrected chi connectivity index (χ4v) is 3.59. The number of benzene rings is 1. The van der Waals surface area contributed by atoms with Gasteiger partial charge in [0.1, 0.15) is 11.3 Å². The maximum atomic E-state index is 14.0. The van der Waals surface area contributed by atoms with E-state index >= 15 is 0 Å². The maximum absolute atomic E-state index is 14.0. The Morgan fingerprint density at radius 2 is 2.09 bits per heavy atom. The summed E-state index contributed by atoms with van der Waals surface area (Å²) in [7, 11) is 3.62. The van der Waals surface area contributed by atoms with Gasteiger partial charge in [-0.05, 0) is 25.0 Å². The lowest BCUT2D eigenvalue weighted by molar-refractivity contribution is -0.0554. The van der Waals surface area contributed by atoms with E-state index in [4.69, 9.17) is 15.9 Å². The van der Waals surface area contributed by atoms with Crippen LogP contribution in [0, 0.1) is 0 Å². The highest BCUT2D eigenvalue weighted by Gasteiger charge is 2.44. The van der Waals surface area contributed by atoms with Gasteiger partial charge in [-0.25, -0.2) is 18.7 Å². The first kappa shape index (κ1) is 21.7. The molecule has 3 aromatic rings. The minimum atomic E-state index is -2.96. The van der Waals surface area contributed by atoms with Gasteiger partial charge >= 0.3 is 0 Å². The fraction of sp³-hybridized carbons (Fsp3) is 0.400. The van der Waals surface area contributed by atoms with Gasteiger partial charge in [0.15, 0.2) is 17.1 Å². The Labute approximate surface area is 182 Å². The maximum Gasteiger partial charge on any atom is 0.297 e. The van der Waals surface area contributed by atoms with Crippen molar-refractivity contribution >= 4 is 40.3 Å². The molecule has 0 radical (unpaired) electrons. The summed E-state index contributed by atoms with van der Waals surface area (Å²) in [6.07, 6.45) is 1.83. The topological polar surface area (TPSA) is 148 Å². The monoisotopic (exact) mass is 446 g/mol. The van der Waals surface area contributed by atoms with E-state index in [1.165, 1.54) is 6.20 Å². The van der Waals surface area contributed by atoms with Crippen LogP contribution in [0.15, 0.2) is 28.8 Å². The third-order valence-electron chi connectivity index (χ3n) is 5.31. The van der Waals surface area contributed by atoms with Crippen LogP contribution in [0.2, 0.25) is 0 Å². The third kappa shape index (κ3) is 4.26. The van der Waals surface area contributed by atoms with Crippen molar-refractivity contribution in [2.24, 2.45) is 11.5 Å². The molecule has 32 heavy (non-hydrogen) atoms. The standard InChI is InChI=1S/C20H24F2N8O2/c1-30(2)19-28-11-6-5-10(8-13(11)32-19)26-18-15(17(24)31)25-9-14(29-18)27-12-4-3-7-20(21,22)16(12)23/h5-6,8-9,12,16H,3-4,7,23H2,1-2H3,(H2,24,31)(H2,26,27,29)/t12-,16-/m1/s1. The molecule has 2 atom stereocenters. The molecule has 1 saturated carbocycles. The van der Waals surface area contributed by atoms with Gasteiger partial charge in [0.2, 0.25) is 0 Å². The zero-order chi connectivity index (χ0) is 23.0. The molecule has 12 heteroatoms. The normalized spacial score (nSPS) is 20.2. The molecule has 6 N–H and O–H groups in total. The lowest BCUT2D eigenvalue weighted by Gasteiger charge is -2.36. The van der Waals surface area contributed by atoms with Gasteiger partial charge in [-0.2, -0.15) is 4.98 Å². The summed E-state index contributed by atoms with van der Waals surface area (Å²) in [6, 6.07) is 3.58. The van der Waals surface area contributed by atoms with E-state index < -0.39 is 23.9 Å². The second-order valence-corrected chi connectivity index (χ2v) is 7.94. The molecule has 1 aliphatic carbocycles. The van der Waals surface area contributed by atoms with Crippen molar-refractivity contribution in [1.29, 1.82) is 0 Å². The molecule has 2 aromatic heterocycles. The lowest BCUT2D eigenvalue weighted by Crippen LogP contribution is -2.55. The number of oxazole rings is 1. The fourth-order valence-electron chi connectivity index (χ4n) is 3.59. The number of rotatable bonds is 6. The third-order valence-corrected chi connectivity index (χ3v) is 5.31. The highest BCUT2D eigenvalue weighted by atomic mass is 19.3. The number of anilines is 4. The molecule has 0 spiro atoms. The van der Waals surface area contributed by atoms with E-state index in [0.29, 0.717) is 35.6 Å². The SMILES string of the molecule is CN(C)c1nc2ccc(Nc3nc(N[C@@H]4CCCC(F)(F)[C@@H]4N)cnc3C(N)=O)cc2o1. The number of amides is 1. The summed E-state index contributed by atoms with van der Waals surface area (Å²) in [4.78, 5) is 26.3. The van der Waals surface area contributed by atoms with E-state index in [1.807, 2.05) is 14.1 Å². The first-order valence-electron chi connectivity index (χ1n) is 10.1. The first-order valence-corrected chi connectivity index (χ1v) is 10.1. The highest BCUT2D eigenvalue weighted by Crippen LogP contribution is 2.34. The molecule has 0 bridgehead atoms. The molecule has 170 valence electrons. The summed E-state index contributed by atoms with van der Waals surface area (Å²) < 4.78 is 33.6. The molecule has 1 aromatic carbocycles. The Bertz CT molecular complexity index is 1150. The summed E-state index contributed by atoms with van der Waals surface area (Å²) in [6.45, 7) is 0. The molecule has 2 heterocycles. The van der Waals surface area contributed by atoms with Crippen LogP contribution < -0.4 is 27.0 Å². The van der Waals surface area contributed by atoms with Crippen LogP contribution in [0.4, 0.5) is 32.1 Å². The molecule has 0 aliphatic heterocycles. The van der Waals surface area contributed by atoms with E-state index in [9.17, 15) is 13.6 Å². The van der Waals surface area contributed by atoms with Gasteiger partial charge in [0.05, 0.1) is 12.2 Å². The van der Waals surface area contributed by atoms with E-state index in [2.05, 4.69) is 25.6 Å². The van der Waals surface area contributed by atoms with Crippen LogP contribution in [-0.4, -0.2) is 53.0 Å². The average molecular weight is 446 g/mol. The number of nitrogens with zero attached hydrogens (tertiary/aromatic N) is 4. The number of carbonyl (C=O) groups is 1. The van der Waals surface area contributed by atoms with Crippen molar-refractivity contribution in [3.63, 3.8) is 0 Å². The Morgan fingerprint density at radius 3 is 2.81 bits per heavy atom. The quantitative estimate of drug-likeness (QED) is 0.448. The number of fused-ring (bicyclic) bond motifs is 1. The minimum Gasteiger partial charge on any atom is -0.423 e. The molecule has 10 nitrogen and oxygen atoms in total. The largest absolute Gasteiger partial charge is 0.423 e. The summed E-state index contributed by atoms with van der Waals surface area (Å²) in [5, 5.41) is 5.91. The van der Waals surface area contributed by atoms with Gasteiger partial charge in [0.25, 0.3) is 17.8 Å². The number of nitrogens with two attached hydrogens (primary N) is 2. The predicted molar refractivity (Wildman–Crippen MR) is 116 cm³/mol. The number of nitrogens with one attached hydrogen (secondary N) is 2. The Morgan fingerprint density at radius 1 is 1.31 bits per heavy atom. The second kappa shape index (κ2) is 8.19. The number of alkyl halides is 2. The first-order chi connectivity index (χ1) is 15.1. The molecule has 1 fully saturated rings. The Hall–Kier alpha value is -3.54. The summed E-state index contributed by atoms with van der Waals surface area (Å²) in [5.41, 5.74) is 12.8. The lowest BCUT2D eigenvalue weighted by atomic mass is 9.87. The number of halogens is 2. The van der Waals surface area contributed by atoms with Crippen LogP contribution in [0.5, 0.6) is 0 Å². The Balaban J connectivity index is 1.61. The molecule has 4 rings (SSSR count). The van der Waals surface area contributed by atoms with Crippen molar-refractivity contribution in [2.75, 3.05) is 29.6 Å². The number of hydrogen-bond donors (Lipinski definition) is 4. The van der Waals surface area contributed by atoms with Crippen LogP contribution in [-0.2, 0) is 0 Å². The number of primary amides is 1. The van der Waals surface area contributed by atoms with Crippen LogP contribution in [0.3, 0.4) is 0 Å². The van der Waals surface area contributed by atoms with Gasteiger partial charge in [0, 0.05) is 38.3 Å². The summed E-state index contributed by atoms with van der Waals surface area (Å²) in [5.74, 6) is -3.48. The Kier molecular flexibility index (Phi) is 5.55. The number of carbonyl (C=O) groups excluding carboxylic acids is 1. The number of hydrogen-bond acceptors (Lipinski definition) is 9. The summed E-state index contributed by atoms with van der Waals surface area (Å²) >= 11 is 0. The van der Waals surface area contributed by atoms with E-state index in [1.54, 1.807) is 23.1 Å². The van der Waals surface area contributed by atoms with E-state index in [-0.39, 0.29) is 23.8 Å². The number of aromatic nitrogens is 3. The zero-order valence-corrected chi connectivity index (χ0v) is 17.6. The smallest absolute Gasteiger partial charge is 0.297 e. The van der Waals surface area contributed by atoms with Gasteiger partial charge in [-0.15, -0.1) is 0 Å². The van der Waals surface area contributed by atoms with Crippen LogP contribution in [0.1, 0.15) is 29.8 Å². The predicted octanol–water partition coefficient (Wildman–Crippen LogP) is 2.45. The van der Waals surface area contributed by atoms with Gasteiger partial charge in [-0.3, -0.25) is 4.79 Å². The van der Waals surface area contributed by atoms with Crippen molar-refractivity contribution < 1.29 is 18.0 Å². The molecule has 0 unspecified atom stereocenters.